The van der Waals surface area contributed by atoms with Crippen LogP contribution >= 0.6 is 0 Å². The topological polar surface area (TPSA) is 74.8 Å². The lowest BCUT2D eigenvalue weighted by Crippen LogP contribution is -2.49. The highest BCUT2D eigenvalue weighted by Gasteiger charge is 2.27. The third kappa shape index (κ3) is 4.66. The molecule has 0 spiro atoms. The molecule has 0 saturated carbocycles. The number of amides is 2. The monoisotopic (exact) mass is 430 g/mol. The van der Waals surface area contributed by atoms with Crippen molar-refractivity contribution in [3.8, 4) is 0 Å². The van der Waals surface area contributed by atoms with Crippen LogP contribution < -0.4 is 10.2 Å². The van der Waals surface area contributed by atoms with Gasteiger partial charge in [0.1, 0.15) is 5.82 Å². The van der Waals surface area contributed by atoms with Gasteiger partial charge in [0.2, 0.25) is 0 Å². The van der Waals surface area contributed by atoms with Crippen LogP contribution in [0.25, 0.3) is 0 Å². The van der Waals surface area contributed by atoms with E-state index in [-0.39, 0.29) is 17.6 Å². The van der Waals surface area contributed by atoms with E-state index in [2.05, 4.69) is 10.3 Å². The first-order valence-electron chi connectivity index (χ1n) is 10.4. The van der Waals surface area contributed by atoms with E-state index in [9.17, 15) is 18.4 Å². The van der Waals surface area contributed by atoms with Gasteiger partial charge in [-0.15, -0.1) is 0 Å². The first-order valence-corrected chi connectivity index (χ1v) is 10.4. The molecule has 0 radical (unpaired) electrons. The van der Waals surface area contributed by atoms with Gasteiger partial charge in [-0.05, 0) is 37.1 Å². The molecule has 1 aromatic heterocycles. The second kappa shape index (κ2) is 9.38. The summed E-state index contributed by atoms with van der Waals surface area (Å²) in [5.41, 5.74) is 0.178. The summed E-state index contributed by atoms with van der Waals surface area (Å²) >= 11 is 0. The van der Waals surface area contributed by atoms with Crippen molar-refractivity contribution in [1.29, 1.82) is 0 Å². The lowest BCUT2D eigenvalue weighted by Gasteiger charge is -2.36. The number of carbonyl (C=O) groups excluding carboxylic acids is 2. The highest BCUT2D eigenvalue weighted by molar-refractivity contribution is 5.99. The number of halogens is 2. The van der Waals surface area contributed by atoms with Gasteiger partial charge in [0, 0.05) is 45.5 Å². The van der Waals surface area contributed by atoms with Gasteiger partial charge in [0.15, 0.2) is 11.6 Å². The predicted octanol–water partition coefficient (Wildman–Crippen LogP) is 2.23. The number of pyridine rings is 1. The molecule has 0 bridgehead atoms. The SMILES string of the molecule is O=C(NC[C@@H]1CCCO1)c1cccnc1N1CCN(C(=O)c2cccc(F)c2F)CC1. The molecule has 2 amide bonds. The number of anilines is 1. The average molecular weight is 430 g/mol. The third-order valence-electron chi connectivity index (χ3n) is 5.59. The Balaban J connectivity index is 1.40. The molecule has 1 aromatic carbocycles. The predicted molar refractivity (Wildman–Crippen MR) is 110 cm³/mol. The highest BCUT2D eigenvalue weighted by atomic mass is 19.2. The van der Waals surface area contributed by atoms with Gasteiger partial charge in [-0.1, -0.05) is 6.07 Å². The number of rotatable bonds is 5. The molecule has 9 heteroatoms. The number of carbonyl (C=O) groups is 2. The van der Waals surface area contributed by atoms with E-state index in [0.29, 0.717) is 44.1 Å². The van der Waals surface area contributed by atoms with E-state index in [1.807, 2.05) is 4.90 Å². The number of hydrogen-bond donors (Lipinski definition) is 1. The second-order valence-corrected chi connectivity index (χ2v) is 7.60. The molecule has 7 nitrogen and oxygen atoms in total. The average Bonchev–Trinajstić information content (AvgIpc) is 3.33. The van der Waals surface area contributed by atoms with Gasteiger partial charge in [0.05, 0.1) is 17.2 Å². The largest absolute Gasteiger partial charge is 0.376 e. The number of nitrogens with zero attached hydrogens (tertiary/aromatic N) is 3. The Morgan fingerprint density at radius 1 is 1.10 bits per heavy atom. The summed E-state index contributed by atoms with van der Waals surface area (Å²) in [4.78, 5) is 33.1. The minimum Gasteiger partial charge on any atom is -0.376 e. The molecule has 4 rings (SSSR count). The summed E-state index contributed by atoms with van der Waals surface area (Å²) < 4.78 is 33.0. The lowest BCUT2D eigenvalue weighted by atomic mass is 10.1. The lowest BCUT2D eigenvalue weighted by molar-refractivity contribution is 0.0739. The first-order chi connectivity index (χ1) is 15.0. The van der Waals surface area contributed by atoms with Crippen molar-refractivity contribution in [2.45, 2.75) is 18.9 Å². The van der Waals surface area contributed by atoms with Gasteiger partial charge >= 0.3 is 0 Å². The minimum atomic E-state index is -1.13. The molecule has 2 aliphatic rings. The molecule has 2 aliphatic heterocycles. The van der Waals surface area contributed by atoms with Gasteiger partial charge < -0.3 is 19.9 Å². The summed E-state index contributed by atoms with van der Waals surface area (Å²) in [6.45, 7) is 2.64. The summed E-state index contributed by atoms with van der Waals surface area (Å²) in [5.74, 6) is -2.41. The van der Waals surface area contributed by atoms with Crippen molar-refractivity contribution in [2.75, 3.05) is 44.2 Å². The van der Waals surface area contributed by atoms with Gasteiger partial charge in [-0.3, -0.25) is 9.59 Å². The van der Waals surface area contributed by atoms with Gasteiger partial charge in [-0.2, -0.15) is 0 Å². The van der Waals surface area contributed by atoms with Gasteiger partial charge in [0.25, 0.3) is 11.8 Å². The number of hydrogen-bond acceptors (Lipinski definition) is 5. The van der Waals surface area contributed by atoms with Crippen LogP contribution in [-0.4, -0.2) is 67.1 Å². The number of ether oxygens (including phenoxy) is 1. The second-order valence-electron chi connectivity index (χ2n) is 7.60. The fourth-order valence-electron chi connectivity index (χ4n) is 3.89. The fourth-order valence-corrected chi connectivity index (χ4v) is 3.89. The third-order valence-corrected chi connectivity index (χ3v) is 5.59. The van der Waals surface area contributed by atoms with E-state index < -0.39 is 17.5 Å². The normalized spacial score (nSPS) is 18.8. The van der Waals surface area contributed by atoms with Crippen molar-refractivity contribution in [1.82, 2.24) is 15.2 Å². The van der Waals surface area contributed by atoms with Crippen molar-refractivity contribution in [3.05, 3.63) is 59.3 Å². The molecule has 0 unspecified atom stereocenters. The Morgan fingerprint density at radius 3 is 2.61 bits per heavy atom. The fraction of sp³-hybridized carbons (Fsp3) is 0.409. The molecular formula is C22H24F2N4O3. The van der Waals surface area contributed by atoms with Crippen LogP contribution in [0.4, 0.5) is 14.6 Å². The number of benzene rings is 1. The van der Waals surface area contributed by atoms with E-state index in [1.54, 1.807) is 18.3 Å². The van der Waals surface area contributed by atoms with E-state index >= 15 is 0 Å². The van der Waals surface area contributed by atoms with E-state index in [1.165, 1.54) is 17.0 Å². The maximum atomic E-state index is 14.0. The zero-order valence-electron chi connectivity index (χ0n) is 17.0. The summed E-state index contributed by atoms with van der Waals surface area (Å²) in [6.07, 6.45) is 3.59. The molecule has 2 saturated heterocycles. The summed E-state index contributed by atoms with van der Waals surface area (Å²) in [7, 11) is 0. The molecule has 1 N–H and O–H groups in total. The highest BCUT2D eigenvalue weighted by Crippen LogP contribution is 2.21. The summed E-state index contributed by atoms with van der Waals surface area (Å²) in [6, 6.07) is 7.00. The van der Waals surface area contributed by atoms with Crippen LogP contribution in [0.3, 0.4) is 0 Å². The molecule has 1 atom stereocenters. The van der Waals surface area contributed by atoms with Crippen molar-refractivity contribution in [2.24, 2.45) is 0 Å². The Hall–Kier alpha value is -3.07. The van der Waals surface area contributed by atoms with Crippen LogP contribution in [0.5, 0.6) is 0 Å². The van der Waals surface area contributed by atoms with Crippen molar-refractivity contribution < 1.29 is 23.1 Å². The molecule has 164 valence electrons. The molecule has 2 aromatic rings. The molecule has 3 heterocycles. The van der Waals surface area contributed by atoms with Crippen LogP contribution in [0, 0.1) is 11.6 Å². The first kappa shape index (κ1) is 21.2. The Labute approximate surface area is 179 Å². The van der Waals surface area contributed by atoms with Gasteiger partial charge in [-0.25, -0.2) is 13.8 Å². The number of nitrogens with one attached hydrogen (secondary N) is 1. The Morgan fingerprint density at radius 2 is 1.87 bits per heavy atom. The van der Waals surface area contributed by atoms with Crippen molar-refractivity contribution >= 4 is 17.6 Å². The standard InChI is InChI=1S/C22H24F2N4O3/c23-18-7-1-5-16(19(18)24)22(30)28-11-9-27(10-12-28)20-17(6-2-8-25-20)21(29)26-14-15-4-3-13-31-15/h1-2,5-8,15H,3-4,9-14H2,(H,26,29)/t15-/m0/s1. The van der Waals surface area contributed by atoms with Crippen LogP contribution in [-0.2, 0) is 4.74 Å². The molecular weight excluding hydrogens is 406 g/mol. The van der Waals surface area contributed by atoms with Crippen LogP contribution in [0.15, 0.2) is 36.5 Å². The Kier molecular flexibility index (Phi) is 6.41. The molecule has 2 fully saturated rings. The quantitative estimate of drug-likeness (QED) is 0.788. The van der Waals surface area contributed by atoms with E-state index in [0.717, 1.165) is 25.5 Å². The minimum absolute atomic E-state index is 0.0434. The van der Waals surface area contributed by atoms with E-state index in [4.69, 9.17) is 4.74 Å². The maximum Gasteiger partial charge on any atom is 0.257 e. The number of piperazine rings is 1. The molecule has 31 heavy (non-hydrogen) atoms. The molecule has 0 aliphatic carbocycles. The maximum absolute atomic E-state index is 14.0. The van der Waals surface area contributed by atoms with Crippen LogP contribution in [0.1, 0.15) is 33.6 Å². The Bertz CT molecular complexity index is 958. The number of aromatic nitrogens is 1. The smallest absolute Gasteiger partial charge is 0.257 e. The zero-order chi connectivity index (χ0) is 21.8. The van der Waals surface area contributed by atoms with Crippen molar-refractivity contribution in [3.63, 3.8) is 0 Å². The summed E-state index contributed by atoms with van der Waals surface area (Å²) in [5, 5.41) is 2.91. The van der Waals surface area contributed by atoms with Crippen LogP contribution in [0.2, 0.25) is 0 Å². The zero-order valence-corrected chi connectivity index (χ0v) is 17.0.